The van der Waals surface area contributed by atoms with Gasteiger partial charge in [-0.3, -0.25) is 10.6 Å². The lowest BCUT2D eigenvalue weighted by atomic mass is 9.72. The van der Waals surface area contributed by atoms with E-state index < -0.39 is 0 Å². The molecule has 350 valence electrons. The molecular weight excluding hydrogens is 825 g/mol. The molecule has 13 aliphatic rings. The first kappa shape index (κ1) is 43.1. The summed E-state index contributed by atoms with van der Waals surface area (Å²) >= 11 is 0. The van der Waals surface area contributed by atoms with Crippen molar-refractivity contribution in [2.24, 2.45) is 35.5 Å². The first-order chi connectivity index (χ1) is 33.7. The van der Waals surface area contributed by atoms with Gasteiger partial charge in [-0.05, 0) is 185 Å². The number of hydrogen-bond donors (Lipinski definition) is 2. The smallest absolute Gasteiger partial charge is 0.0839 e. The van der Waals surface area contributed by atoms with Gasteiger partial charge in [-0.2, -0.15) is 0 Å². The van der Waals surface area contributed by atoms with Crippen molar-refractivity contribution in [3.63, 3.8) is 0 Å². The molecule has 10 aliphatic carbocycles. The largest absolute Gasteiger partial charge is 0.361 e. The normalized spacial score (nSPS) is 38.1. The molecule has 12 unspecified atom stereocenters. The van der Waals surface area contributed by atoms with Crippen LogP contribution in [0, 0.1) is 35.5 Å². The van der Waals surface area contributed by atoms with E-state index in [1.807, 2.05) is 0 Å². The maximum atomic E-state index is 4.15. The van der Waals surface area contributed by atoms with Gasteiger partial charge in [0.25, 0.3) is 0 Å². The average Bonchev–Trinajstić information content (AvgIpc) is 3.93. The minimum atomic E-state index is 0.194. The van der Waals surface area contributed by atoms with Crippen LogP contribution in [-0.4, -0.2) is 46.2 Å². The zero-order valence-electron chi connectivity index (χ0n) is 40.4. The van der Waals surface area contributed by atoms with Crippen LogP contribution in [0.25, 0.3) is 0 Å². The van der Waals surface area contributed by atoms with Gasteiger partial charge < -0.3 is 9.80 Å². The van der Waals surface area contributed by atoms with E-state index in [2.05, 4.69) is 166 Å². The number of allylic oxidation sites excluding steroid dienone is 24. The van der Waals surface area contributed by atoms with E-state index in [0.717, 1.165) is 51.4 Å². The van der Waals surface area contributed by atoms with Crippen LogP contribution in [0.1, 0.15) is 116 Å². The molecule has 0 saturated carbocycles. The molecule has 0 bridgehead atoms. The van der Waals surface area contributed by atoms with Crippen LogP contribution in [-0.2, 0) is 0 Å². The molecule has 0 radical (unpaired) electrons. The van der Waals surface area contributed by atoms with Gasteiger partial charge in [0.15, 0.2) is 0 Å². The summed E-state index contributed by atoms with van der Waals surface area (Å²) in [5, 5.41) is 8.22. The predicted octanol–water partition coefficient (Wildman–Crippen LogP) is 13.9. The number of nitrogens with one attached hydrogen (secondary N) is 2. The van der Waals surface area contributed by atoms with E-state index in [1.165, 1.54) is 86.7 Å². The fourth-order valence-corrected chi connectivity index (χ4v) is 15.2. The third-order valence-corrected chi connectivity index (χ3v) is 18.6. The molecule has 0 spiro atoms. The second-order valence-electron chi connectivity index (χ2n) is 22.4. The van der Waals surface area contributed by atoms with Gasteiger partial charge in [-0.1, -0.05) is 133 Å². The van der Waals surface area contributed by atoms with Crippen molar-refractivity contribution in [1.82, 2.24) is 20.4 Å². The summed E-state index contributed by atoms with van der Waals surface area (Å²) in [7, 11) is 0. The third-order valence-electron chi connectivity index (χ3n) is 18.6. The molecule has 12 atom stereocenters. The molecule has 13 rings (SSSR count). The van der Waals surface area contributed by atoms with Gasteiger partial charge in [0.1, 0.15) is 0 Å². The quantitative estimate of drug-likeness (QED) is 0.238. The molecule has 4 heteroatoms. The first-order valence-electron chi connectivity index (χ1n) is 27.5. The van der Waals surface area contributed by atoms with Gasteiger partial charge in [-0.15, -0.1) is 0 Å². The maximum Gasteiger partial charge on any atom is 0.0839 e. The number of nitrogens with zero attached hydrogens (tertiary/aromatic N) is 2. The molecule has 0 amide bonds. The molecule has 3 heterocycles. The van der Waals surface area contributed by atoms with Crippen molar-refractivity contribution in [2.45, 2.75) is 152 Å². The number of rotatable bonds is 8. The first-order valence-corrected chi connectivity index (χ1v) is 27.5. The van der Waals surface area contributed by atoms with Crippen molar-refractivity contribution >= 4 is 0 Å². The van der Waals surface area contributed by atoms with Gasteiger partial charge in [-0.25, -0.2) is 0 Å². The number of fused-ring (bicyclic) bond motifs is 5. The topological polar surface area (TPSA) is 30.5 Å². The lowest BCUT2D eigenvalue weighted by Crippen LogP contribution is -2.61. The number of hydrogen-bond acceptors (Lipinski definition) is 4. The van der Waals surface area contributed by atoms with Gasteiger partial charge in [0, 0.05) is 46.9 Å². The average molecular weight is 899 g/mol. The fraction of sp³-hybridized carbons (Fsp3) is 0.469. The SMILES string of the molecule is C1=CCCC(N2C3CCC(C4C=CC5=C(C4)C4=CC(C6C=CCCC6)=CCC4N5C4=CC=CC(C5=CCCC(C6CC(C7C=CC=CC7)NC(C7=CCCC=C7)N6)=C5)C4)C=C3C3CCC=CC32)=C1. The Labute approximate surface area is 408 Å². The Kier molecular flexibility index (Phi) is 11.9. The highest BCUT2D eigenvalue weighted by atomic mass is 15.2. The summed E-state index contributed by atoms with van der Waals surface area (Å²) < 4.78 is 0. The zero-order chi connectivity index (χ0) is 45.0. The van der Waals surface area contributed by atoms with Crippen LogP contribution in [0.15, 0.2) is 202 Å². The second kappa shape index (κ2) is 18.8. The van der Waals surface area contributed by atoms with E-state index in [9.17, 15) is 0 Å². The highest BCUT2D eigenvalue weighted by molar-refractivity contribution is 5.58. The van der Waals surface area contributed by atoms with Crippen molar-refractivity contribution in [1.29, 1.82) is 0 Å². The van der Waals surface area contributed by atoms with Crippen molar-refractivity contribution < 1.29 is 0 Å². The molecule has 2 saturated heterocycles. The zero-order valence-corrected chi connectivity index (χ0v) is 40.4. The standard InChI is InChI=1S/C64H74N4/c1-5-17-43(18-6-1)48-31-34-62-56(39-48)57-41-50(49-32-35-61-55(40-49)54-29-13-14-30-60(54)67(61)52-26-11-4-12-27-52)33-36-63(57)68(62)53-28-16-24-47(38-53)46-23-15-25-51(37-46)59-42-58(44-19-7-2-8-20-44)65-64(66-59)45-21-9-3-10-22-45/h2,4-5,7-9,11,14,16-17,19,21-24,26,28,30-31,33,36-37,39-40,43-44,47,49-50,54,58-62,64-66H,1,3,6,10,12-13,15,18,20,25,27,29,32,34-35,38,41-42H2. The van der Waals surface area contributed by atoms with Gasteiger partial charge in [0.2, 0.25) is 0 Å². The monoisotopic (exact) mass is 899 g/mol. The molecule has 0 aromatic carbocycles. The second-order valence-corrected chi connectivity index (χ2v) is 22.4. The molecule has 0 aromatic heterocycles. The summed E-state index contributed by atoms with van der Waals surface area (Å²) in [4.78, 5) is 5.71. The van der Waals surface area contributed by atoms with Crippen LogP contribution < -0.4 is 10.6 Å². The highest BCUT2D eigenvalue weighted by Gasteiger charge is 2.48. The van der Waals surface area contributed by atoms with Crippen LogP contribution in [0.5, 0.6) is 0 Å². The van der Waals surface area contributed by atoms with Gasteiger partial charge in [0.05, 0.1) is 24.3 Å². The molecule has 2 fully saturated rings. The van der Waals surface area contributed by atoms with E-state index >= 15 is 0 Å². The van der Waals surface area contributed by atoms with E-state index in [-0.39, 0.29) is 6.17 Å². The van der Waals surface area contributed by atoms with E-state index in [1.54, 1.807) is 33.6 Å². The van der Waals surface area contributed by atoms with E-state index in [4.69, 9.17) is 0 Å². The Morgan fingerprint density at radius 2 is 1.51 bits per heavy atom. The molecule has 3 aliphatic heterocycles. The Balaban J connectivity index is 0.768. The van der Waals surface area contributed by atoms with Crippen LogP contribution in [0.2, 0.25) is 0 Å². The Morgan fingerprint density at radius 3 is 2.40 bits per heavy atom. The summed E-state index contributed by atoms with van der Waals surface area (Å²) in [6.45, 7) is 0. The van der Waals surface area contributed by atoms with Crippen molar-refractivity contribution in [3.05, 3.63) is 202 Å². The molecule has 2 N–H and O–H groups in total. The third kappa shape index (κ3) is 8.10. The lowest BCUT2D eigenvalue weighted by molar-refractivity contribution is 0.235. The Bertz CT molecular complexity index is 2580. The molecule has 4 nitrogen and oxygen atoms in total. The highest BCUT2D eigenvalue weighted by Crippen LogP contribution is 2.53. The summed E-state index contributed by atoms with van der Waals surface area (Å²) in [5.41, 5.74) is 15.8. The Hall–Kier alpha value is -4.90. The molecule has 0 aromatic rings. The molecule has 68 heavy (non-hydrogen) atoms. The molecular formula is C64H74N4. The summed E-state index contributed by atoms with van der Waals surface area (Å²) in [6.07, 6.45) is 81.3. The van der Waals surface area contributed by atoms with Crippen LogP contribution in [0.3, 0.4) is 0 Å². The van der Waals surface area contributed by atoms with Gasteiger partial charge >= 0.3 is 0 Å². The van der Waals surface area contributed by atoms with Crippen LogP contribution >= 0.6 is 0 Å². The van der Waals surface area contributed by atoms with Crippen molar-refractivity contribution in [3.8, 4) is 0 Å². The summed E-state index contributed by atoms with van der Waals surface area (Å²) in [6, 6.07) is 2.33. The minimum absolute atomic E-state index is 0.194. The minimum Gasteiger partial charge on any atom is -0.361 e. The Morgan fingerprint density at radius 1 is 0.574 bits per heavy atom. The number of likely N-dealkylation sites (tertiary alicyclic amines) is 1. The van der Waals surface area contributed by atoms with E-state index in [0.29, 0.717) is 65.7 Å². The van der Waals surface area contributed by atoms with Crippen molar-refractivity contribution in [2.75, 3.05) is 0 Å². The lowest BCUT2D eigenvalue weighted by Gasteiger charge is -2.43. The summed E-state index contributed by atoms with van der Waals surface area (Å²) in [5.74, 6) is 3.33. The maximum absolute atomic E-state index is 4.15. The van der Waals surface area contributed by atoms with Crippen LogP contribution in [0.4, 0.5) is 0 Å². The predicted molar refractivity (Wildman–Crippen MR) is 282 cm³/mol. The fourth-order valence-electron chi connectivity index (χ4n) is 15.2.